The van der Waals surface area contributed by atoms with Crippen molar-refractivity contribution in [1.29, 1.82) is 0 Å². The van der Waals surface area contributed by atoms with Crippen LogP contribution in [-0.4, -0.2) is 11.5 Å². The molecular weight excluding hydrogens is 276 g/mol. The lowest BCUT2D eigenvalue weighted by Gasteiger charge is -2.19. The van der Waals surface area contributed by atoms with Crippen LogP contribution in [0.1, 0.15) is 36.1 Å². The maximum Gasteiger partial charge on any atom is 0.0606 e. The van der Waals surface area contributed by atoms with E-state index in [1.54, 1.807) is 0 Å². The third-order valence-corrected chi connectivity index (χ3v) is 4.63. The molecule has 108 valence electrons. The molecule has 3 aromatic rings. The molecule has 0 aliphatic heterocycles. The molecule has 0 amide bonds. The summed E-state index contributed by atoms with van der Waals surface area (Å²) in [6.07, 6.45) is 5.01. The summed E-state index contributed by atoms with van der Waals surface area (Å²) in [5.41, 5.74) is 3.80. The van der Waals surface area contributed by atoms with Crippen molar-refractivity contribution < 1.29 is 0 Å². The van der Waals surface area contributed by atoms with Crippen molar-refractivity contribution in [3.63, 3.8) is 0 Å². The van der Waals surface area contributed by atoms with Gasteiger partial charge in [0.25, 0.3) is 0 Å². The Kier molecular flexibility index (Phi) is 4.32. The standard InChI is InChI=1S/C18H20N2S/c1-3-8-20-18(14-9-13(2)10-19-11-14)16-12-21-17-7-5-4-6-15(16)17/h4-7,9-12,18,20H,3,8H2,1-2H3. The van der Waals surface area contributed by atoms with Gasteiger partial charge in [-0.05, 0) is 53.4 Å². The molecule has 0 aliphatic rings. The molecule has 21 heavy (non-hydrogen) atoms. The van der Waals surface area contributed by atoms with E-state index in [9.17, 15) is 0 Å². The minimum Gasteiger partial charge on any atom is -0.306 e. The number of hydrogen-bond acceptors (Lipinski definition) is 3. The zero-order valence-electron chi connectivity index (χ0n) is 12.5. The van der Waals surface area contributed by atoms with Crippen molar-refractivity contribution in [2.24, 2.45) is 0 Å². The van der Waals surface area contributed by atoms with Gasteiger partial charge in [-0.3, -0.25) is 4.98 Å². The predicted octanol–water partition coefficient (Wildman–Crippen LogP) is 4.69. The molecule has 1 atom stereocenters. The predicted molar refractivity (Wildman–Crippen MR) is 90.9 cm³/mol. The highest BCUT2D eigenvalue weighted by Gasteiger charge is 2.17. The van der Waals surface area contributed by atoms with E-state index >= 15 is 0 Å². The molecule has 0 saturated heterocycles. The topological polar surface area (TPSA) is 24.9 Å². The molecule has 0 radical (unpaired) electrons. The Labute approximate surface area is 129 Å². The lowest BCUT2D eigenvalue weighted by Crippen LogP contribution is -2.23. The Balaban J connectivity index is 2.06. The summed E-state index contributed by atoms with van der Waals surface area (Å²) < 4.78 is 1.34. The molecule has 0 aliphatic carbocycles. The normalized spacial score (nSPS) is 12.7. The second-order valence-electron chi connectivity index (χ2n) is 5.37. The summed E-state index contributed by atoms with van der Waals surface area (Å²) >= 11 is 1.81. The maximum absolute atomic E-state index is 4.37. The van der Waals surface area contributed by atoms with Crippen molar-refractivity contribution in [1.82, 2.24) is 10.3 Å². The molecule has 1 N–H and O–H groups in total. The fourth-order valence-corrected chi connectivity index (χ4v) is 3.64. The molecule has 0 bridgehead atoms. The Bertz CT molecular complexity index is 733. The van der Waals surface area contributed by atoms with E-state index < -0.39 is 0 Å². The number of hydrogen-bond donors (Lipinski definition) is 1. The van der Waals surface area contributed by atoms with Crippen LogP contribution in [0.3, 0.4) is 0 Å². The highest BCUT2D eigenvalue weighted by Crippen LogP contribution is 2.33. The highest BCUT2D eigenvalue weighted by molar-refractivity contribution is 7.17. The summed E-state index contributed by atoms with van der Waals surface area (Å²) in [6.45, 7) is 5.30. The number of aryl methyl sites for hydroxylation is 1. The first-order valence-electron chi connectivity index (χ1n) is 7.40. The Morgan fingerprint density at radius 2 is 2.10 bits per heavy atom. The molecular formula is C18H20N2S. The van der Waals surface area contributed by atoms with Crippen molar-refractivity contribution in [3.8, 4) is 0 Å². The van der Waals surface area contributed by atoms with E-state index in [2.05, 4.69) is 59.9 Å². The second-order valence-corrected chi connectivity index (χ2v) is 6.28. The number of benzene rings is 1. The van der Waals surface area contributed by atoms with E-state index in [1.165, 1.54) is 26.8 Å². The van der Waals surface area contributed by atoms with Crippen molar-refractivity contribution in [2.75, 3.05) is 6.54 Å². The van der Waals surface area contributed by atoms with Gasteiger partial charge in [0.15, 0.2) is 0 Å². The zero-order chi connectivity index (χ0) is 14.7. The van der Waals surface area contributed by atoms with E-state index in [0.29, 0.717) is 0 Å². The van der Waals surface area contributed by atoms with Crippen LogP contribution in [0.2, 0.25) is 0 Å². The van der Waals surface area contributed by atoms with Crippen LogP contribution in [-0.2, 0) is 0 Å². The average molecular weight is 296 g/mol. The van der Waals surface area contributed by atoms with Crippen LogP contribution in [0.4, 0.5) is 0 Å². The van der Waals surface area contributed by atoms with Crippen LogP contribution in [0.15, 0.2) is 48.1 Å². The number of rotatable bonds is 5. The van der Waals surface area contributed by atoms with E-state index in [1.807, 2.05) is 23.7 Å². The largest absolute Gasteiger partial charge is 0.306 e. The first-order chi connectivity index (χ1) is 10.3. The van der Waals surface area contributed by atoms with Gasteiger partial charge in [-0.25, -0.2) is 0 Å². The first kappa shape index (κ1) is 14.2. The molecule has 0 spiro atoms. The van der Waals surface area contributed by atoms with Gasteiger partial charge < -0.3 is 5.32 Å². The number of thiophene rings is 1. The van der Waals surface area contributed by atoms with Gasteiger partial charge in [-0.2, -0.15) is 0 Å². The smallest absolute Gasteiger partial charge is 0.0606 e. The Morgan fingerprint density at radius 3 is 2.90 bits per heavy atom. The molecule has 1 unspecified atom stereocenters. The third-order valence-electron chi connectivity index (χ3n) is 3.65. The van der Waals surface area contributed by atoms with Crippen molar-refractivity contribution in [3.05, 3.63) is 64.8 Å². The average Bonchev–Trinajstić information content (AvgIpc) is 2.92. The van der Waals surface area contributed by atoms with Gasteiger partial charge in [-0.15, -0.1) is 11.3 Å². The van der Waals surface area contributed by atoms with Gasteiger partial charge in [0.2, 0.25) is 0 Å². The van der Waals surface area contributed by atoms with Crippen LogP contribution < -0.4 is 5.32 Å². The third kappa shape index (κ3) is 2.99. The summed E-state index contributed by atoms with van der Waals surface area (Å²) in [5.74, 6) is 0. The van der Waals surface area contributed by atoms with Crippen molar-refractivity contribution >= 4 is 21.4 Å². The SMILES string of the molecule is CCCNC(c1cncc(C)c1)c1csc2ccccc12. The summed E-state index contributed by atoms with van der Waals surface area (Å²) in [4.78, 5) is 4.37. The monoisotopic (exact) mass is 296 g/mol. The Morgan fingerprint density at radius 1 is 1.24 bits per heavy atom. The lowest BCUT2D eigenvalue weighted by molar-refractivity contribution is 0.601. The van der Waals surface area contributed by atoms with Crippen LogP contribution in [0.25, 0.3) is 10.1 Å². The molecule has 2 nitrogen and oxygen atoms in total. The van der Waals surface area contributed by atoms with Gasteiger partial charge in [-0.1, -0.05) is 31.2 Å². The van der Waals surface area contributed by atoms with Gasteiger partial charge in [0.1, 0.15) is 0 Å². The summed E-state index contributed by atoms with van der Waals surface area (Å²) in [5, 5.41) is 7.30. The lowest BCUT2D eigenvalue weighted by atomic mass is 9.98. The minimum atomic E-state index is 0.216. The zero-order valence-corrected chi connectivity index (χ0v) is 13.3. The number of fused-ring (bicyclic) bond motifs is 1. The molecule has 3 heteroatoms. The molecule has 2 heterocycles. The molecule has 1 aromatic carbocycles. The maximum atomic E-state index is 4.37. The highest BCUT2D eigenvalue weighted by atomic mass is 32.1. The second kappa shape index (κ2) is 6.37. The van der Waals surface area contributed by atoms with E-state index in [-0.39, 0.29) is 6.04 Å². The van der Waals surface area contributed by atoms with Crippen LogP contribution in [0, 0.1) is 6.92 Å². The van der Waals surface area contributed by atoms with Gasteiger partial charge >= 0.3 is 0 Å². The summed E-state index contributed by atoms with van der Waals surface area (Å²) in [7, 11) is 0. The fraction of sp³-hybridized carbons (Fsp3) is 0.278. The molecule has 0 saturated carbocycles. The van der Waals surface area contributed by atoms with Gasteiger partial charge in [0.05, 0.1) is 6.04 Å². The Hall–Kier alpha value is -1.71. The molecule has 0 fully saturated rings. The first-order valence-corrected chi connectivity index (χ1v) is 8.28. The number of nitrogens with one attached hydrogen (secondary N) is 1. The number of aromatic nitrogens is 1. The van der Waals surface area contributed by atoms with E-state index in [0.717, 1.165) is 13.0 Å². The fourth-order valence-electron chi connectivity index (χ4n) is 2.65. The van der Waals surface area contributed by atoms with Crippen molar-refractivity contribution in [2.45, 2.75) is 26.3 Å². The van der Waals surface area contributed by atoms with Crippen LogP contribution in [0.5, 0.6) is 0 Å². The van der Waals surface area contributed by atoms with E-state index in [4.69, 9.17) is 0 Å². The summed E-state index contributed by atoms with van der Waals surface area (Å²) in [6, 6.07) is 11.1. The number of pyridine rings is 1. The van der Waals surface area contributed by atoms with Gasteiger partial charge in [0, 0.05) is 17.1 Å². The number of nitrogens with zero attached hydrogens (tertiary/aromatic N) is 1. The minimum absolute atomic E-state index is 0.216. The van der Waals surface area contributed by atoms with Crippen LogP contribution >= 0.6 is 11.3 Å². The quantitative estimate of drug-likeness (QED) is 0.738. The molecule has 2 aromatic heterocycles. The molecule has 3 rings (SSSR count).